The second-order valence-electron chi connectivity index (χ2n) is 4.96. The predicted octanol–water partition coefficient (Wildman–Crippen LogP) is 2.78. The Balaban J connectivity index is 2.55. The van der Waals surface area contributed by atoms with E-state index in [1.165, 1.54) is 0 Å². The minimum atomic E-state index is -0.447. The van der Waals surface area contributed by atoms with Crippen LogP contribution in [0.4, 0.5) is 0 Å². The van der Waals surface area contributed by atoms with Crippen molar-refractivity contribution in [2.75, 3.05) is 6.61 Å². The third-order valence-electron chi connectivity index (χ3n) is 2.49. The van der Waals surface area contributed by atoms with Crippen molar-refractivity contribution in [3.05, 3.63) is 29.8 Å². The molecule has 0 saturated carbocycles. The number of para-hydroxylation sites is 1. The first-order chi connectivity index (χ1) is 6.91. The summed E-state index contributed by atoms with van der Waals surface area (Å²) >= 11 is 0. The number of rotatable bonds is 3. The number of benzene rings is 1. The third kappa shape index (κ3) is 3.56. The van der Waals surface area contributed by atoms with E-state index in [9.17, 15) is 5.11 Å². The van der Waals surface area contributed by atoms with Gasteiger partial charge >= 0.3 is 0 Å². The molecule has 84 valence electrons. The van der Waals surface area contributed by atoms with E-state index < -0.39 is 6.10 Å². The molecule has 0 aliphatic rings. The van der Waals surface area contributed by atoms with Gasteiger partial charge in [-0.25, -0.2) is 0 Å². The van der Waals surface area contributed by atoms with Crippen LogP contribution in [0, 0.1) is 12.3 Å². The Morgan fingerprint density at radius 2 is 1.87 bits per heavy atom. The summed E-state index contributed by atoms with van der Waals surface area (Å²) in [7, 11) is 0. The van der Waals surface area contributed by atoms with Crippen LogP contribution in [-0.4, -0.2) is 17.8 Å². The molecule has 2 heteroatoms. The van der Waals surface area contributed by atoms with Gasteiger partial charge in [-0.15, -0.1) is 0 Å². The SMILES string of the molecule is Cc1ccccc1OCC(O)C(C)(C)C. The Kier molecular flexibility index (Phi) is 3.75. The van der Waals surface area contributed by atoms with Crippen LogP contribution in [0.3, 0.4) is 0 Å². The zero-order valence-corrected chi connectivity index (χ0v) is 9.95. The molecule has 0 spiro atoms. The van der Waals surface area contributed by atoms with Crippen molar-refractivity contribution in [2.45, 2.75) is 33.8 Å². The summed E-state index contributed by atoms with van der Waals surface area (Å²) in [4.78, 5) is 0. The molecule has 15 heavy (non-hydrogen) atoms. The lowest BCUT2D eigenvalue weighted by atomic mass is 9.90. The van der Waals surface area contributed by atoms with Crippen LogP contribution >= 0.6 is 0 Å². The highest BCUT2D eigenvalue weighted by molar-refractivity contribution is 5.31. The summed E-state index contributed by atoms with van der Waals surface area (Å²) in [5, 5.41) is 9.81. The monoisotopic (exact) mass is 208 g/mol. The second-order valence-corrected chi connectivity index (χ2v) is 4.96. The van der Waals surface area contributed by atoms with Crippen molar-refractivity contribution in [1.82, 2.24) is 0 Å². The molecule has 1 aromatic carbocycles. The van der Waals surface area contributed by atoms with E-state index in [2.05, 4.69) is 0 Å². The standard InChI is InChI=1S/C13H20O2/c1-10-7-5-6-8-11(10)15-9-12(14)13(2,3)4/h5-8,12,14H,9H2,1-4H3. The zero-order valence-electron chi connectivity index (χ0n) is 9.95. The number of aryl methyl sites for hydroxylation is 1. The fourth-order valence-electron chi connectivity index (χ4n) is 1.14. The van der Waals surface area contributed by atoms with Crippen LogP contribution in [-0.2, 0) is 0 Å². The van der Waals surface area contributed by atoms with Crippen molar-refractivity contribution in [1.29, 1.82) is 0 Å². The average Bonchev–Trinajstić information content (AvgIpc) is 2.14. The molecule has 1 rings (SSSR count). The van der Waals surface area contributed by atoms with E-state index >= 15 is 0 Å². The quantitative estimate of drug-likeness (QED) is 0.827. The largest absolute Gasteiger partial charge is 0.491 e. The summed E-state index contributed by atoms with van der Waals surface area (Å²) in [5.41, 5.74) is 0.960. The van der Waals surface area contributed by atoms with Crippen LogP contribution < -0.4 is 4.74 Å². The maximum absolute atomic E-state index is 9.81. The van der Waals surface area contributed by atoms with Gasteiger partial charge in [0.1, 0.15) is 12.4 Å². The molecule has 0 saturated heterocycles. The molecular formula is C13H20O2. The summed E-state index contributed by atoms with van der Waals surface area (Å²) in [6.07, 6.45) is -0.447. The van der Waals surface area contributed by atoms with Gasteiger partial charge in [-0.2, -0.15) is 0 Å². The molecule has 0 radical (unpaired) electrons. The van der Waals surface area contributed by atoms with E-state index in [0.29, 0.717) is 6.61 Å². The van der Waals surface area contributed by atoms with Crippen LogP contribution in [0.5, 0.6) is 5.75 Å². The minimum absolute atomic E-state index is 0.136. The van der Waals surface area contributed by atoms with Crippen molar-refractivity contribution >= 4 is 0 Å². The van der Waals surface area contributed by atoms with E-state index in [4.69, 9.17) is 4.74 Å². The molecule has 0 heterocycles. The highest BCUT2D eigenvalue weighted by atomic mass is 16.5. The molecule has 0 fully saturated rings. The Hall–Kier alpha value is -1.02. The van der Waals surface area contributed by atoms with Crippen LogP contribution in [0.1, 0.15) is 26.3 Å². The summed E-state index contributed by atoms with van der Waals surface area (Å²) < 4.78 is 5.58. The molecule has 1 unspecified atom stereocenters. The van der Waals surface area contributed by atoms with Crippen molar-refractivity contribution < 1.29 is 9.84 Å². The molecule has 1 aromatic rings. The first kappa shape index (κ1) is 12.1. The molecule has 0 bridgehead atoms. The average molecular weight is 208 g/mol. The van der Waals surface area contributed by atoms with Crippen molar-refractivity contribution in [3.8, 4) is 5.75 Å². The normalized spacial score (nSPS) is 13.7. The van der Waals surface area contributed by atoms with Gasteiger partial charge in [-0.3, -0.25) is 0 Å². The minimum Gasteiger partial charge on any atom is -0.491 e. The number of aliphatic hydroxyl groups excluding tert-OH is 1. The lowest BCUT2D eigenvalue weighted by Gasteiger charge is -2.25. The summed E-state index contributed by atoms with van der Waals surface area (Å²) in [6.45, 7) is 8.34. The lowest BCUT2D eigenvalue weighted by Crippen LogP contribution is -2.32. The molecule has 2 nitrogen and oxygen atoms in total. The van der Waals surface area contributed by atoms with Crippen molar-refractivity contribution in [3.63, 3.8) is 0 Å². The second kappa shape index (κ2) is 4.67. The summed E-state index contributed by atoms with van der Waals surface area (Å²) in [6, 6.07) is 7.83. The number of aliphatic hydroxyl groups is 1. The van der Waals surface area contributed by atoms with E-state index in [1.54, 1.807) is 0 Å². The van der Waals surface area contributed by atoms with Gasteiger partial charge < -0.3 is 9.84 Å². The fourth-order valence-corrected chi connectivity index (χ4v) is 1.14. The van der Waals surface area contributed by atoms with Gasteiger partial charge in [0.05, 0.1) is 6.10 Å². The molecule has 1 atom stereocenters. The number of hydrogen-bond acceptors (Lipinski definition) is 2. The van der Waals surface area contributed by atoms with Crippen molar-refractivity contribution in [2.24, 2.45) is 5.41 Å². The molecule has 0 aliphatic heterocycles. The van der Waals surface area contributed by atoms with Gasteiger partial charge in [0.2, 0.25) is 0 Å². The first-order valence-corrected chi connectivity index (χ1v) is 5.28. The third-order valence-corrected chi connectivity index (χ3v) is 2.49. The Labute approximate surface area is 91.9 Å². The number of ether oxygens (including phenoxy) is 1. The topological polar surface area (TPSA) is 29.5 Å². The highest BCUT2D eigenvalue weighted by Crippen LogP contribution is 2.21. The predicted molar refractivity (Wildman–Crippen MR) is 62.1 cm³/mol. The van der Waals surface area contributed by atoms with Crippen LogP contribution in [0.2, 0.25) is 0 Å². The first-order valence-electron chi connectivity index (χ1n) is 5.28. The van der Waals surface area contributed by atoms with E-state index in [0.717, 1.165) is 11.3 Å². The molecule has 1 N–H and O–H groups in total. The highest BCUT2D eigenvalue weighted by Gasteiger charge is 2.22. The number of hydrogen-bond donors (Lipinski definition) is 1. The van der Waals surface area contributed by atoms with E-state index in [-0.39, 0.29) is 5.41 Å². The summed E-state index contributed by atoms with van der Waals surface area (Å²) in [5.74, 6) is 0.848. The van der Waals surface area contributed by atoms with Gasteiger partial charge in [0, 0.05) is 0 Å². The Bertz CT molecular complexity index is 313. The smallest absolute Gasteiger partial charge is 0.122 e. The van der Waals surface area contributed by atoms with Crippen LogP contribution in [0.15, 0.2) is 24.3 Å². The van der Waals surface area contributed by atoms with Gasteiger partial charge in [0.25, 0.3) is 0 Å². The van der Waals surface area contributed by atoms with Gasteiger partial charge in [0.15, 0.2) is 0 Å². The van der Waals surface area contributed by atoms with Crippen LogP contribution in [0.25, 0.3) is 0 Å². The zero-order chi connectivity index (χ0) is 11.5. The van der Waals surface area contributed by atoms with Gasteiger partial charge in [-0.05, 0) is 24.0 Å². The fraction of sp³-hybridized carbons (Fsp3) is 0.538. The maximum atomic E-state index is 9.81. The molecular weight excluding hydrogens is 188 g/mol. The Morgan fingerprint density at radius 1 is 1.27 bits per heavy atom. The molecule has 0 aliphatic carbocycles. The Morgan fingerprint density at radius 3 is 2.40 bits per heavy atom. The van der Waals surface area contributed by atoms with Gasteiger partial charge in [-0.1, -0.05) is 39.0 Å². The molecule has 0 amide bonds. The maximum Gasteiger partial charge on any atom is 0.122 e. The lowest BCUT2D eigenvalue weighted by molar-refractivity contribution is 0.0216. The van der Waals surface area contributed by atoms with E-state index in [1.807, 2.05) is 52.0 Å². The molecule has 0 aromatic heterocycles.